The van der Waals surface area contributed by atoms with Crippen molar-refractivity contribution in [1.82, 2.24) is 5.32 Å². The van der Waals surface area contributed by atoms with Crippen LogP contribution in [0.15, 0.2) is 17.5 Å². The van der Waals surface area contributed by atoms with E-state index in [-0.39, 0.29) is 12.0 Å². The summed E-state index contributed by atoms with van der Waals surface area (Å²) in [4.78, 5) is 12.1. The number of rotatable bonds is 3. The molecule has 1 aliphatic heterocycles. The molecule has 5 heteroatoms. The van der Waals surface area contributed by atoms with Gasteiger partial charge in [0, 0.05) is 12.6 Å². The van der Waals surface area contributed by atoms with Gasteiger partial charge in [0.2, 0.25) is 10.7 Å². The van der Waals surface area contributed by atoms with Crippen LogP contribution in [-0.2, 0) is 4.74 Å². The van der Waals surface area contributed by atoms with Gasteiger partial charge in [0.1, 0.15) is 9.68 Å². The van der Waals surface area contributed by atoms with E-state index in [4.69, 9.17) is 15.4 Å². The quantitative estimate of drug-likeness (QED) is 0.618. The number of amides is 1. The summed E-state index contributed by atoms with van der Waals surface area (Å²) >= 11 is 0. The third-order valence-corrected chi connectivity index (χ3v) is 3.72. The number of nitrogens with one attached hydrogen (secondary N) is 1. The second-order valence-electron chi connectivity index (χ2n) is 2.81. The van der Waals surface area contributed by atoms with Crippen molar-refractivity contribution in [1.29, 1.82) is 0 Å². The van der Waals surface area contributed by atoms with Crippen molar-refractivity contribution in [3.8, 4) is 0 Å². The van der Waals surface area contributed by atoms with Crippen LogP contribution in [0.3, 0.4) is 0 Å². The van der Waals surface area contributed by atoms with Gasteiger partial charge in [-0.1, -0.05) is 0 Å². The third kappa shape index (κ3) is 2.21. The van der Waals surface area contributed by atoms with Gasteiger partial charge in [-0.3, -0.25) is 4.79 Å². The minimum atomic E-state index is -0.535. The molecule has 0 bridgehead atoms. The normalized spacial score (nSPS) is 21.3. The Kier molecular flexibility index (Phi) is 2.53. The number of carbonyl (C=O) groups is 1. The van der Waals surface area contributed by atoms with E-state index in [0.29, 0.717) is 11.4 Å². The van der Waals surface area contributed by atoms with Gasteiger partial charge in [-0.2, -0.15) is 0 Å². The summed E-state index contributed by atoms with van der Waals surface area (Å²) in [6, 6.07) is 3.55. The third-order valence-electron chi connectivity index (χ3n) is 1.77. The van der Waals surface area contributed by atoms with Crippen LogP contribution in [0.25, 0.3) is 0 Å². The summed E-state index contributed by atoms with van der Waals surface area (Å²) in [5.41, 5.74) is 0. The van der Waals surface area contributed by atoms with E-state index >= 15 is 0 Å². The standard InChI is InChI=1S/C8H8ClNO2S/c9-13-3-1-2-7(13)8(11)10-4-6-5-12-6/h1-3,6H,4-5H2/p+1. The number of ether oxygens (including phenoxy) is 1. The van der Waals surface area contributed by atoms with Crippen LogP contribution in [0.4, 0.5) is 0 Å². The van der Waals surface area contributed by atoms with Crippen LogP contribution >= 0.6 is 20.4 Å². The van der Waals surface area contributed by atoms with E-state index in [1.807, 2.05) is 5.38 Å². The van der Waals surface area contributed by atoms with E-state index < -0.39 is 9.68 Å². The predicted octanol–water partition coefficient (Wildman–Crippen LogP) is 1.57. The molecule has 1 aromatic rings. The highest BCUT2D eigenvalue weighted by molar-refractivity contribution is 7.61. The summed E-state index contributed by atoms with van der Waals surface area (Å²) in [7, 11) is 5.35. The molecular weight excluding hydrogens is 210 g/mol. The minimum Gasteiger partial charge on any atom is -0.371 e. The van der Waals surface area contributed by atoms with Gasteiger partial charge >= 0.3 is 5.91 Å². The lowest BCUT2D eigenvalue weighted by atomic mass is 10.4. The molecule has 13 heavy (non-hydrogen) atoms. The Morgan fingerprint density at radius 3 is 3.15 bits per heavy atom. The SMILES string of the molecule is O=C(NCC1CO1)c1ccc[s+]1Cl. The highest BCUT2D eigenvalue weighted by Crippen LogP contribution is 2.28. The maximum Gasteiger partial charge on any atom is 0.305 e. The first-order valence-corrected chi connectivity index (χ1v) is 6.06. The van der Waals surface area contributed by atoms with Crippen LogP contribution in [0.1, 0.15) is 9.67 Å². The molecule has 2 atom stereocenters. The minimum absolute atomic E-state index is 0.0844. The Morgan fingerprint density at radius 1 is 1.85 bits per heavy atom. The van der Waals surface area contributed by atoms with E-state index in [0.717, 1.165) is 6.61 Å². The number of carbonyl (C=O) groups excluding carboxylic acids is 1. The lowest BCUT2D eigenvalue weighted by Crippen LogP contribution is -2.26. The Morgan fingerprint density at radius 2 is 2.62 bits per heavy atom. The van der Waals surface area contributed by atoms with Gasteiger partial charge < -0.3 is 10.1 Å². The van der Waals surface area contributed by atoms with Gasteiger partial charge in [0.15, 0.2) is 5.38 Å². The molecule has 0 saturated carbocycles. The first kappa shape index (κ1) is 8.99. The van der Waals surface area contributed by atoms with Crippen molar-refractivity contribution in [2.24, 2.45) is 0 Å². The number of halogens is 1. The zero-order valence-electron chi connectivity index (χ0n) is 6.83. The zero-order valence-corrected chi connectivity index (χ0v) is 8.40. The van der Waals surface area contributed by atoms with Crippen molar-refractivity contribution in [2.75, 3.05) is 13.2 Å². The van der Waals surface area contributed by atoms with Crippen LogP contribution < -0.4 is 5.32 Å². The molecule has 2 heterocycles. The van der Waals surface area contributed by atoms with E-state index in [1.54, 1.807) is 12.1 Å². The summed E-state index contributed by atoms with van der Waals surface area (Å²) < 4.78 is 4.97. The lowest BCUT2D eigenvalue weighted by molar-refractivity contribution is 0.0954. The fourth-order valence-electron chi connectivity index (χ4n) is 0.978. The number of thiophene rings is 1. The Balaban J connectivity index is 1.92. The molecule has 2 unspecified atom stereocenters. The molecule has 1 amide bonds. The molecule has 1 N–H and O–H groups in total. The Hall–Kier alpha value is -0.580. The summed E-state index contributed by atoms with van der Waals surface area (Å²) in [6.07, 6.45) is 0.219. The van der Waals surface area contributed by atoms with Gasteiger partial charge in [-0.05, 0) is 6.07 Å². The van der Waals surface area contributed by atoms with Crippen LogP contribution in [0, 0.1) is 0 Å². The fraction of sp³-hybridized carbons (Fsp3) is 0.375. The Bertz CT molecular complexity index is 322. The molecule has 2 rings (SSSR count). The average molecular weight is 219 g/mol. The molecule has 0 radical (unpaired) electrons. The first-order chi connectivity index (χ1) is 6.27. The molecule has 0 aromatic carbocycles. The van der Waals surface area contributed by atoms with Gasteiger partial charge in [0.25, 0.3) is 4.88 Å². The molecule has 1 saturated heterocycles. The van der Waals surface area contributed by atoms with E-state index in [2.05, 4.69) is 5.32 Å². The molecule has 0 spiro atoms. The molecular formula is C8H9ClNO2S+. The monoisotopic (exact) mass is 218 g/mol. The van der Waals surface area contributed by atoms with Crippen LogP contribution in [0.2, 0.25) is 0 Å². The van der Waals surface area contributed by atoms with Crippen LogP contribution in [-0.4, -0.2) is 25.2 Å². The van der Waals surface area contributed by atoms with Crippen LogP contribution in [0.5, 0.6) is 0 Å². The fourth-order valence-corrected chi connectivity index (χ4v) is 2.34. The highest BCUT2D eigenvalue weighted by atomic mass is 35.7. The van der Waals surface area contributed by atoms with Gasteiger partial charge in [0.05, 0.1) is 12.7 Å². The first-order valence-electron chi connectivity index (χ1n) is 3.95. The lowest BCUT2D eigenvalue weighted by Gasteiger charge is -1.96. The maximum atomic E-state index is 11.4. The van der Waals surface area contributed by atoms with E-state index in [1.165, 1.54) is 0 Å². The second kappa shape index (κ2) is 3.65. The largest absolute Gasteiger partial charge is 0.371 e. The smallest absolute Gasteiger partial charge is 0.305 e. The molecule has 70 valence electrons. The molecule has 1 aromatic heterocycles. The molecule has 1 aliphatic rings. The van der Waals surface area contributed by atoms with Crippen molar-refractivity contribution < 1.29 is 9.53 Å². The summed E-state index contributed by atoms with van der Waals surface area (Å²) in [5.74, 6) is -0.0844. The molecule has 1 fully saturated rings. The van der Waals surface area contributed by atoms with E-state index in [9.17, 15) is 4.79 Å². The average Bonchev–Trinajstić information content (AvgIpc) is 2.84. The number of epoxide rings is 1. The highest BCUT2D eigenvalue weighted by Gasteiger charge is 2.25. The van der Waals surface area contributed by atoms with Crippen molar-refractivity contribution >= 4 is 26.3 Å². The van der Waals surface area contributed by atoms with Gasteiger partial charge in [-0.15, -0.1) is 0 Å². The summed E-state index contributed by atoms with van der Waals surface area (Å²) in [6.45, 7) is 1.34. The summed E-state index contributed by atoms with van der Waals surface area (Å²) in [5, 5.41) is 4.58. The van der Waals surface area contributed by atoms with Crippen molar-refractivity contribution in [2.45, 2.75) is 6.10 Å². The zero-order chi connectivity index (χ0) is 9.26. The second-order valence-corrected chi connectivity index (χ2v) is 5.09. The molecule has 0 aliphatic carbocycles. The van der Waals surface area contributed by atoms with Gasteiger partial charge in [-0.25, -0.2) is 0 Å². The number of hydrogen-bond acceptors (Lipinski definition) is 2. The maximum absolute atomic E-state index is 11.4. The number of hydrogen-bond donors (Lipinski definition) is 1. The predicted molar refractivity (Wildman–Crippen MR) is 52.2 cm³/mol. The molecule has 3 nitrogen and oxygen atoms in total. The van der Waals surface area contributed by atoms with Crippen molar-refractivity contribution in [3.05, 3.63) is 22.4 Å². The topological polar surface area (TPSA) is 41.6 Å². The Labute approximate surface area is 83.1 Å². The van der Waals surface area contributed by atoms with Crippen molar-refractivity contribution in [3.63, 3.8) is 0 Å².